The number of benzene rings is 1. The molecule has 4 nitrogen and oxygen atoms in total. The predicted octanol–water partition coefficient (Wildman–Crippen LogP) is 4.59. The standard InChI is InChI=1S/C20H30O4SSi/c1-14-15(2)19(21)18(25(22,23)16-11-9-8-10-12-16)13-17(14)24-26(6,7)20(3,4)5/h8-15,17H,1-7H3/t14-,15-,17+/m1/s1. The molecule has 144 valence electrons. The van der Waals surface area contributed by atoms with E-state index in [1.165, 1.54) is 12.1 Å². The summed E-state index contributed by atoms with van der Waals surface area (Å²) in [6.45, 7) is 14.5. The molecule has 0 fully saturated rings. The Kier molecular flexibility index (Phi) is 5.72. The van der Waals surface area contributed by atoms with E-state index in [9.17, 15) is 13.2 Å². The van der Waals surface area contributed by atoms with Crippen molar-refractivity contribution in [3.63, 3.8) is 0 Å². The Morgan fingerprint density at radius 3 is 2.08 bits per heavy atom. The minimum absolute atomic E-state index is 0.00369. The van der Waals surface area contributed by atoms with Crippen molar-refractivity contribution in [2.45, 2.75) is 63.8 Å². The van der Waals surface area contributed by atoms with Gasteiger partial charge < -0.3 is 4.43 Å². The Morgan fingerprint density at radius 1 is 1.04 bits per heavy atom. The summed E-state index contributed by atoms with van der Waals surface area (Å²) in [7, 11) is -5.95. The summed E-state index contributed by atoms with van der Waals surface area (Å²) < 4.78 is 32.5. The summed E-state index contributed by atoms with van der Waals surface area (Å²) in [5.41, 5.74) is 0. The lowest BCUT2D eigenvalue weighted by Crippen LogP contribution is -2.48. The van der Waals surface area contributed by atoms with Crippen LogP contribution < -0.4 is 0 Å². The quantitative estimate of drug-likeness (QED) is 0.701. The van der Waals surface area contributed by atoms with Gasteiger partial charge in [-0.25, -0.2) is 8.42 Å². The van der Waals surface area contributed by atoms with E-state index in [0.29, 0.717) is 0 Å². The molecule has 2 rings (SSSR count). The van der Waals surface area contributed by atoms with Gasteiger partial charge in [0.05, 0.1) is 11.0 Å². The molecule has 0 aliphatic heterocycles. The van der Waals surface area contributed by atoms with E-state index in [0.717, 1.165) is 0 Å². The number of sulfone groups is 1. The summed E-state index contributed by atoms with van der Waals surface area (Å²) in [6.07, 6.45) is 1.17. The van der Waals surface area contributed by atoms with Crippen LogP contribution in [0.5, 0.6) is 0 Å². The number of carbonyl (C=O) groups excluding carboxylic acids is 1. The van der Waals surface area contributed by atoms with E-state index < -0.39 is 24.1 Å². The fraction of sp³-hybridized carbons (Fsp3) is 0.550. The highest BCUT2D eigenvalue weighted by Crippen LogP contribution is 2.41. The average molecular weight is 395 g/mol. The van der Waals surface area contributed by atoms with Crippen LogP contribution in [0, 0.1) is 11.8 Å². The SMILES string of the molecule is C[C@H]1[C@@H](O[Si](C)(C)C(C)(C)C)C=C(S(=O)(=O)c2ccccc2)C(=O)[C@@H]1C. The van der Waals surface area contributed by atoms with Gasteiger partial charge >= 0.3 is 0 Å². The lowest BCUT2D eigenvalue weighted by Gasteiger charge is -2.42. The Hall–Kier alpha value is -1.24. The van der Waals surface area contributed by atoms with Crippen molar-refractivity contribution in [1.29, 1.82) is 0 Å². The van der Waals surface area contributed by atoms with Gasteiger partial charge in [0.1, 0.15) is 4.91 Å². The number of ketones is 1. The number of allylic oxidation sites excluding steroid dienone is 1. The van der Waals surface area contributed by atoms with Gasteiger partial charge in [-0.15, -0.1) is 0 Å². The van der Waals surface area contributed by atoms with Crippen molar-refractivity contribution in [1.82, 2.24) is 0 Å². The third-order valence-corrected chi connectivity index (χ3v) is 12.1. The summed E-state index contributed by atoms with van der Waals surface area (Å²) in [6, 6.07) is 8.13. The molecule has 3 atom stereocenters. The molecule has 0 amide bonds. The lowest BCUT2D eigenvalue weighted by atomic mass is 9.83. The number of hydrogen-bond donors (Lipinski definition) is 0. The highest BCUT2D eigenvalue weighted by atomic mass is 32.2. The van der Waals surface area contributed by atoms with Gasteiger partial charge in [0.2, 0.25) is 9.84 Å². The van der Waals surface area contributed by atoms with Crippen LogP contribution in [0.3, 0.4) is 0 Å². The Labute approximate surface area is 158 Å². The van der Waals surface area contributed by atoms with E-state index in [4.69, 9.17) is 4.43 Å². The van der Waals surface area contributed by atoms with Gasteiger partial charge in [-0.05, 0) is 42.3 Å². The first-order chi connectivity index (χ1) is 11.8. The monoisotopic (exact) mass is 394 g/mol. The molecule has 26 heavy (non-hydrogen) atoms. The van der Waals surface area contributed by atoms with Crippen LogP contribution in [-0.2, 0) is 19.1 Å². The average Bonchev–Trinajstić information content (AvgIpc) is 2.55. The third kappa shape index (κ3) is 3.87. The fourth-order valence-electron chi connectivity index (χ4n) is 2.74. The highest BCUT2D eigenvalue weighted by molar-refractivity contribution is 7.96. The van der Waals surface area contributed by atoms with Crippen LogP contribution in [0.15, 0.2) is 46.2 Å². The van der Waals surface area contributed by atoms with Gasteiger partial charge in [0.25, 0.3) is 0 Å². The van der Waals surface area contributed by atoms with Crippen LogP contribution in [0.25, 0.3) is 0 Å². The molecule has 0 N–H and O–H groups in total. The second kappa shape index (κ2) is 7.06. The van der Waals surface area contributed by atoms with Gasteiger partial charge in [-0.1, -0.05) is 52.8 Å². The van der Waals surface area contributed by atoms with Gasteiger partial charge in [-0.2, -0.15) is 0 Å². The van der Waals surface area contributed by atoms with Gasteiger partial charge in [0, 0.05) is 5.92 Å². The molecular formula is C20H30O4SSi. The zero-order chi connectivity index (χ0) is 19.9. The van der Waals surface area contributed by atoms with Crippen LogP contribution in [-0.4, -0.2) is 28.6 Å². The minimum Gasteiger partial charge on any atom is -0.410 e. The molecule has 0 unspecified atom stereocenters. The van der Waals surface area contributed by atoms with E-state index in [-0.39, 0.29) is 32.6 Å². The zero-order valence-corrected chi connectivity index (χ0v) is 18.6. The molecule has 1 aliphatic carbocycles. The first-order valence-corrected chi connectivity index (χ1v) is 13.4. The molecule has 6 heteroatoms. The molecule has 1 aromatic rings. The first-order valence-electron chi connectivity index (χ1n) is 9.03. The number of rotatable bonds is 4. The summed E-state index contributed by atoms with van der Waals surface area (Å²) >= 11 is 0. The highest BCUT2D eigenvalue weighted by Gasteiger charge is 2.45. The van der Waals surface area contributed by atoms with Crippen LogP contribution in [0.1, 0.15) is 34.6 Å². The number of hydrogen-bond acceptors (Lipinski definition) is 4. The van der Waals surface area contributed by atoms with Crippen LogP contribution in [0.4, 0.5) is 0 Å². The maximum Gasteiger partial charge on any atom is 0.209 e. The maximum atomic E-state index is 13.0. The largest absolute Gasteiger partial charge is 0.410 e. The molecule has 0 heterocycles. The summed E-state index contributed by atoms with van der Waals surface area (Å²) in [5.74, 6) is -0.786. The van der Waals surface area contributed by atoms with Crippen molar-refractivity contribution in [2.75, 3.05) is 0 Å². The first kappa shape index (κ1) is 21.1. The van der Waals surface area contributed by atoms with Crippen molar-refractivity contribution in [3.05, 3.63) is 41.3 Å². The predicted molar refractivity (Wildman–Crippen MR) is 107 cm³/mol. The van der Waals surface area contributed by atoms with Crippen molar-refractivity contribution >= 4 is 23.9 Å². The van der Waals surface area contributed by atoms with Crippen LogP contribution >= 0.6 is 0 Å². The molecule has 0 saturated carbocycles. The molecular weight excluding hydrogens is 364 g/mol. The second-order valence-electron chi connectivity index (χ2n) is 8.70. The Morgan fingerprint density at radius 2 is 1.58 bits per heavy atom. The normalized spacial score (nSPS) is 25.1. The molecule has 0 saturated heterocycles. The maximum absolute atomic E-state index is 13.0. The Balaban J connectivity index is 2.50. The van der Waals surface area contributed by atoms with Crippen molar-refractivity contribution < 1.29 is 17.6 Å². The van der Waals surface area contributed by atoms with Gasteiger partial charge in [-0.3, -0.25) is 4.79 Å². The molecule has 0 spiro atoms. The smallest absolute Gasteiger partial charge is 0.209 e. The summed E-state index contributed by atoms with van der Waals surface area (Å²) in [4.78, 5) is 12.8. The molecule has 0 radical (unpaired) electrons. The fourth-order valence-corrected chi connectivity index (χ4v) is 5.59. The molecule has 0 bridgehead atoms. The molecule has 1 aromatic carbocycles. The van der Waals surface area contributed by atoms with E-state index in [2.05, 4.69) is 33.9 Å². The molecule has 0 aromatic heterocycles. The van der Waals surface area contributed by atoms with E-state index >= 15 is 0 Å². The van der Waals surface area contributed by atoms with E-state index in [1.54, 1.807) is 31.2 Å². The van der Waals surface area contributed by atoms with Crippen molar-refractivity contribution in [3.8, 4) is 0 Å². The summed E-state index contributed by atoms with van der Waals surface area (Å²) in [5, 5.41) is 0.00369. The molecule has 1 aliphatic rings. The number of carbonyl (C=O) groups is 1. The van der Waals surface area contributed by atoms with Crippen LogP contribution in [0.2, 0.25) is 18.1 Å². The van der Waals surface area contributed by atoms with Gasteiger partial charge in [0.15, 0.2) is 14.1 Å². The second-order valence-corrected chi connectivity index (χ2v) is 15.4. The topological polar surface area (TPSA) is 60.4 Å². The Bertz CT molecular complexity index is 804. The van der Waals surface area contributed by atoms with E-state index in [1.807, 2.05) is 6.92 Å². The zero-order valence-electron chi connectivity index (χ0n) is 16.7. The number of Topliss-reactive ketones (excluding diaryl/α,β-unsaturated/α-hetero) is 1. The lowest BCUT2D eigenvalue weighted by molar-refractivity contribution is -0.121. The van der Waals surface area contributed by atoms with Crippen molar-refractivity contribution in [2.24, 2.45) is 11.8 Å². The third-order valence-electron chi connectivity index (χ3n) is 5.86. The minimum atomic E-state index is -3.84.